The first kappa shape index (κ1) is 43.7. The van der Waals surface area contributed by atoms with Crippen LogP contribution in [-0.4, -0.2) is 14.8 Å². The highest BCUT2D eigenvalue weighted by molar-refractivity contribution is 7.22. The van der Waals surface area contributed by atoms with Crippen molar-refractivity contribution in [1.82, 2.24) is 0 Å². The lowest BCUT2D eigenvalue weighted by molar-refractivity contribution is 0.486. The van der Waals surface area contributed by atoms with E-state index < -0.39 is 8.07 Å². The second kappa shape index (κ2) is 15.9. The molecule has 3 nitrogen and oxygen atoms in total. The third kappa shape index (κ3) is 6.51. The Hall–Kier alpha value is -8.12. The Morgan fingerprint density at radius 3 is 1.78 bits per heavy atom. The molecular formula is C68H54BNO2Si. The summed E-state index contributed by atoms with van der Waals surface area (Å²) in [5, 5.41) is 7.84. The van der Waals surface area contributed by atoms with Gasteiger partial charge in [-0.3, -0.25) is 0 Å². The molecule has 0 unspecified atom stereocenters. The van der Waals surface area contributed by atoms with Crippen molar-refractivity contribution in [3.8, 4) is 44.9 Å². The monoisotopic (exact) mass is 955 g/mol. The van der Waals surface area contributed by atoms with E-state index in [2.05, 4.69) is 265 Å². The summed E-state index contributed by atoms with van der Waals surface area (Å²) in [4.78, 5) is 2.61. The van der Waals surface area contributed by atoms with Crippen LogP contribution in [0, 0.1) is 0 Å². The molecule has 73 heavy (non-hydrogen) atoms. The predicted molar refractivity (Wildman–Crippen MR) is 310 cm³/mol. The molecule has 350 valence electrons. The van der Waals surface area contributed by atoms with Gasteiger partial charge < -0.3 is 14.1 Å². The van der Waals surface area contributed by atoms with Gasteiger partial charge in [0.2, 0.25) is 0 Å². The van der Waals surface area contributed by atoms with E-state index in [-0.39, 0.29) is 17.5 Å². The topological polar surface area (TPSA) is 25.6 Å². The molecule has 0 radical (unpaired) electrons. The molecule has 1 aromatic heterocycles. The normalized spacial score (nSPS) is 14.1. The number of anilines is 3. The predicted octanol–water partition coefficient (Wildman–Crippen LogP) is 13.3. The molecule has 0 amide bonds. The minimum Gasteiger partial charge on any atom is -0.458 e. The van der Waals surface area contributed by atoms with Crippen molar-refractivity contribution in [3.05, 3.63) is 230 Å². The summed E-state index contributed by atoms with van der Waals surface area (Å²) in [6, 6.07) is 82.1. The standard InChI is InChI=1S/C68H54BNO2Si/c1-67(2,3)45-33-35-56(52(39-45)43-21-10-7-11-22-43)70-57-41-53-50-27-17-19-32-63(50)73(47-23-12-8-13-24-47,48-25-14-9-15-26-48)64(53)42-54(57)69-55-40-46(68(4,5)6)34-36-60(55)72-62-38-44(37-58(70)66(62)69)49-29-20-31-61-65(49)51-28-16-18-30-59(51)71-61/h7-42H,1-6H3. The fourth-order valence-electron chi connectivity index (χ4n) is 12.6. The molecule has 0 bridgehead atoms. The van der Waals surface area contributed by atoms with E-state index in [1.807, 2.05) is 0 Å². The Kier molecular flexibility index (Phi) is 9.53. The van der Waals surface area contributed by atoms with Crippen LogP contribution in [0.15, 0.2) is 223 Å². The maximum Gasteiger partial charge on any atom is 0.256 e. The van der Waals surface area contributed by atoms with Crippen LogP contribution >= 0.6 is 0 Å². The summed E-state index contributed by atoms with van der Waals surface area (Å²) in [6.07, 6.45) is 0. The third-order valence-corrected chi connectivity index (χ3v) is 21.0. The molecule has 0 atom stereocenters. The number of hydrogen-bond donors (Lipinski definition) is 0. The van der Waals surface area contributed by atoms with E-state index >= 15 is 0 Å². The van der Waals surface area contributed by atoms with Crippen LogP contribution in [0.1, 0.15) is 52.7 Å². The zero-order valence-electron chi connectivity index (χ0n) is 42.1. The molecule has 5 heteroatoms. The van der Waals surface area contributed by atoms with Crippen LogP contribution in [0.5, 0.6) is 11.5 Å². The van der Waals surface area contributed by atoms with Gasteiger partial charge in [0, 0.05) is 27.7 Å². The Bertz CT molecular complexity index is 3990. The van der Waals surface area contributed by atoms with Crippen molar-refractivity contribution in [1.29, 1.82) is 0 Å². The second-order valence-corrected chi connectivity index (χ2v) is 26.1. The average molecular weight is 956 g/mol. The van der Waals surface area contributed by atoms with Crippen LogP contribution < -0.4 is 46.8 Å². The fourth-order valence-corrected chi connectivity index (χ4v) is 17.8. The maximum absolute atomic E-state index is 7.39. The second-order valence-electron chi connectivity index (χ2n) is 22.4. The number of benzene rings is 10. The summed E-state index contributed by atoms with van der Waals surface area (Å²) in [6.45, 7) is 13.8. The fraction of sp³-hybridized carbons (Fsp3) is 0.118. The lowest BCUT2D eigenvalue weighted by Crippen LogP contribution is -2.73. The zero-order chi connectivity index (χ0) is 49.4. The molecular weight excluding hydrogens is 902 g/mol. The van der Waals surface area contributed by atoms with Gasteiger partial charge in [-0.05, 0) is 135 Å². The largest absolute Gasteiger partial charge is 0.458 e. The Labute approximate surface area is 429 Å². The number of furan rings is 1. The number of para-hydroxylation sites is 1. The molecule has 0 fully saturated rings. The highest BCUT2D eigenvalue weighted by Crippen LogP contribution is 2.49. The van der Waals surface area contributed by atoms with Crippen molar-refractivity contribution in [3.63, 3.8) is 0 Å². The first-order chi connectivity index (χ1) is 35.5. The van der Waals surface area contributed by atoms with E-state index in [0.29, 0.717) is 0 Å². The zero-order valence-corrected chi connectivity index (χ0v) is 43.1. The lowest BCUT2D eigenvalue weighted by Gasteiger charge is -2.42. The average Bonchev–Trinajstić information content (AvgIpc) is 3.95. The van der Waals surface area contributed by atoms with Gasteiger partial charge in [0.05, 0.1) is 5.69 Å². The molecule has 3 aliphatic heterocycles. The van der Waals surface area contributed by atoms with Crippen molar-refractivity contribution in [2.24, 2.45) is 0 Å². The highest BCUT2D eigenvalue weighted by atomic mass is 28.3. The molecule has 0 spiro atoms. The number of ether oxygens (including phenoxy) is 1. The molecule has 0 N–H and O–H groups in total. The summed E-state index contributed by atoms with van der Waals surface area (Å²) < 4.78 is 13.9. The molecule has 0 aliphatic carbocycles. The van der Waals surface area contributed by atoms with Crippen LogP contribution in [-0.2, 0) is 10.8 Å². The van der Waals surface area contributed by atoms with E-state index in [9.17, 15) is 0 Å². The van der Waals surface area contributed by atoms with E-state index in [4.69, 9.17) is 9.15 Å². The minimum atomic E-state index is -2.89. The Morgan fingerprint density at radius 2 is 1.04 bits per heavy atom. The highest BCUT2D eigenvalue weighted by Gasteiger charge is 2.51. The van der Waals surface area contributed by atoms with E-state index in [1.165, 1.54) is 76.2 Å². The molecule has 3 aliphatic rings. The van der Waals surface area contributed by atoms with Crippen molar-refractivity contribution in [2.45, 2.75) is 52.4 Å². The third-order valence-electron chi connectivity index (χ3n) is 16.1. The maximum atomic E-state index is 7.39. The minimum absolute atomic E-state index is 0.0756. The van der Waals surface area contributed by atoms with E-state index in [1.54, 1.807) is 0 Å². The van der Waals surface area contributed by atoms with Gasteiger partial charge in [-0.25, -0.2) is 0 Å². The Balaban J connectivity index is 1.15. The molecule has 4 heterocycles. The van der Waals surface area contributed by atoms with Crippen LogP contribution in [0.3, 0.4) is 0 Å². The van der Waals surface area contributed by atoms with Gasteiger partial charge in [-0.15, -0.1) is 0 Å². The first-order valence-electron chi connectivity index (χ1n) is 25.8. The van der Waals surface area contributed by atoms with Crippen molar-refractivity contribution in [2.75, 3.05) is 4.90 Å². The van der Waals surface area contributed by atoms with Crippen LogP contribution in [0.2, 0.25) is 0 Å². The smallest absolute Gasteiger partial charge is 0.256 e. The molecule has 0 saturated carbocycles. The molecule has 11 aromatic rings. The summed E-state index contributed by atoms with van der Waals surface area (Å²) in [5.74, 6) is 1.78. The summed E-state index contributed by atoms with van der Waals surface area (Å²) in [5.41, 5.74) is 18.4. The van der Waals surface area contributed by atoms with Gasteiger partial charge in [0.1, 0.15) is 22.7 Å². The van der Waals surface area contributed by atoms with Gasteiger partial charge in [0.15, 0.2) is 8.07 Å². The van der Waals surface area contributed by atoms with Gasteiger partial charge >= 0.3 is 0 Å². The lowest BCUT2D eigenvalue weighted by atomic mass is 9.34. The van der Waals surface area contributed by atoms with Gasteiger partial charge in [-0.2, -0.15) is 0 Å². The Morgan fingerprint density at radius 1 is 0.411 bits per heavy atom. The summed E-state index contributed by atoms with van der Waals surface area (Å²) >= 11 is 0. The van der Waals surface area contributed by atoms with Crippen molar-refractivity contribution < 1.29 is 9.15 Å². The quantitative estimate of drug-likeness (QED) is 0.161. The SMILES string of the molecule is CC(C)(C)c1ccc2c(c1)B1c3cc4c(cc3N(c3ccc(C(C)(C)C)cc3-c3ccccc3)c3cc(-c5cccc6oc7ccccc7c56)cc(c31)O2)-c1ccccc1[Si]4(c1ccccc1)c1ccccc1. The van der Waals surface area contributed by atoms with Gasteiger partial charge in [0.25, 0.3) is 6.71 Å². The van der Waals surface area contributed by atoms with Crippen molar-refractivity contribution >= 4 is 90.9 Å². The molecule has 0 saturated heterocycles. The number of rotatable bonds is 5. The van der Waals surface area contributed by atoms with Crippen LogP contribution in [0.4, 0.5) is 17.1 Å². The van der Waals surface area contributed by atoms with E-state index in [0.717, 1.165) is 55.9 Å². The molecule has 10 aromatic carbocycles. The summed E-state index contributed by atoms with van der Waals surface area (Å²) in [7, 11) is -2.89. The van der Waals surface area contributed by atoms with Gasteiger partial charge in [-0.1, -0.05) is 211 Å². The number of nitrogens with zero attached hydrogens (tertiary/aromatic N) is 1. The van der Waals surface area contributed by atoms with Crippen LogP contribution in [0.25, 0.3) is 55.3 Å². The number of fused-ring (bicyclic) bond motifs is 10. The first-order valence-corrected chi connectivity index (χ1v) is 27.8. The molecule has 14 rings (SSSR count). The number of hydrogen-bond acceptors (Lipinski definition) is 3.